The van der Waals surface area contributed by atoms with E-state index in [2.05, 4.69) is 10.0 Å². The van der Waals surface area contributed by atoms with Crippen LogP contribution in [0.5, 0.6) is 5.75 Å². The molecule has 1 amide bonds. The van der Waals surface area contributed by atoms with Gasteiger partial charge in [-0.1, -0.05) is 47.5 Å². The number of halogens is 2. The Balaban J connectivity index is 1.61. The number of carbonyl (C=O) groups excluding carboxylic acids is 1. The van der Waals surface area contributed by atoms with Crippen LogP contribution in [0.15, 0.2) is 71.6 Å². The Labute approximate surface area is 232 Å². The summed E-state index contributed by atoms with van der Waals surface area (Å²) in [5, 5.41) is 12.6. The predicted molar refractivity (Wildman–Crippen MR) is 146 cm³/mol. The SMILES string of the molecule is CC(C)(C)Oc1ccc(C[C@H](NC(=O)c2ccc(CNS(=O)(=O)c3cc(Cl)cc(Cl)c3)cc2)C(=O)O)cc1. The Morgan fingerprint density at radius 2 is 1.47 bits per heavy atom. The Bertz CT molecular complexity index is 1380. The highest BCUT2D eigenvalue weighted by molar-refractivity contribution is 7.89. The molecule has 0 saturated carbocycles. The molecule has 3 aromatic rings. The molecule has 0 radical (unpaired) electrons. The number of amides is 1. The zero-order valence-corrected chi connectivity index (χ0v) is 23.3. The van der Waals surface area contributed by atoms with Crippen molar-refractivity contribution in [2.24, 2.45) is 0 Å². The van der Waals surface area contributed by atoms with E-state index >= 15 is 0 Å². The first-order valence-corrected chi connectivity index (χ1v) is 13.8. The van der Waals surface area contributed by atoms with Crippen molar-refractivity contribution in [2.75, 3.05) is 0 Å². The minimum Gasteiger partial charge on any atom is -0.488 e. The van der Waals surface area contributed by atoms with Gasteiger partial charge in [-0.2, -0.15) is 0 Å². The number of ether oxygens (including phenoxy) is 1. The number of carbonyl (C=O) groups is 2. The highest BCUT2D eigenvalue weighted by Crippen LogP contribution is 2.23. The lowest BCUT2D eigenvalue weighted by molar-refractivity contribution is -0.139. The molecule has 1 atom stereocenters. The van der Waals surface area contributed by atoms with Gasteiger partial charge in [0.15, 0.2) is 0 Å². The monoisotopic (exact) mass is 578 g/mol. The fraction of sp³-hybridized carbons (Fsp3) is 0.259. The van der Waals surface area contributed by atoms with Crippen molar-refractivity contribution in [3.8, 4) is 5.75 Å². The highest BCUT2D eigenvalue weighted by Gasteiger charge is 2.22. The maximum Gasteiger partial charge on any atom is 0.326 e. The van der Waals surface area contributed by atoms with Crippen molar-refractivity contribution in [3.05, 3.63) is 93.5 Å². The molecule has 0 aromatic heterocycles. The molecule has 0 fully saturated rings. The second-order valence-corrected chi connectivity index (χ2v) is 12.2. The summed E-state index contributed by atoms with van der Waals surface area (Å²) in [7, 11) is -3.87. The van der Waals surface area contributed by atoms with Gasteiger partial charge in [-0.25, -0.2) is 17.9 Å². The van der Waals surface area contributed by atoms with Crippen LogP contribution in [0, 0.1) is 0 Å². The zero-order chi connectivity index (χ0) is 28.1. The number of carboxylic acids is 1. The van der Waals surface area contributed by atoms with E-state index in [0.717, 1.165) is 5.56 Å². The first-order chi connectivity index (χ1) is 17.7. The van der Waals surface area contributed by atoms with Gasteiger partial charge in [-0.3, -0.25) is 4.79 Å². The zero-order valence-electron chi connectivity index (χ0n) is 21.0. The maximum absolute atomic E-state index is 12.7. The smallest absolute Gasteiger partial charge is 0.326 e. The Hall–Kier alpha value is -3.11. The molecular weight excluding hydrogens is 551 g/mol. The largest absolute Gasteiger partial charge is 0.488 e. The van der Waals surface area contributed by atoms with E-state index in [-0.39, 0.29) is 39.1 Å². The Morgan fingerprint density at radius 1 is 0.921 bits per heavy atom. The summed E-state index contributed by atoms with van der Waals surface area (Å²) >= 11 is 11.8. The van der Waals surface area contributed by atoms with Crippen molar-refractivity contribution >= 4 is 45.1 Å². The molecule has 0 bridgehead atoms. The standard InChI is InChI=1S/C27H28Cl2N2O6S/c1-27(2,3)37-22-10-6-17(7-11-22)12-24(26(33)34)31-25(32)19-8-4-18(5-9-19)16-30-38(35,36)23-14-20(28)13-21(29)15-23/h4-11,13-15,24,30H,12,16H2,1-3H3,(H,31,32)(H,33,34)/t24-/m0/s1. The molecule has 0 heterocycles. The molecule has 0 aliphatic carbocycles. The van der Waals surface area contributed by atoms with Gasteiger partial charge in [0.2, 0.25) is 10.0 Å². The van der Waals surface area contributed by atoms with Gasteiger partial charge in [-0.15, -0.1) is 0 Å². The van der Waals surface area contributed by atoms with E-state index in [1.165, 1.54) is 30.3 Å². The third kappa shape index (κ3) is 8.73. The summed E-state index contributed by atoms with van der Waals surface area (Å²) in [6.07, 6.45) is 0.0876. The van der Waals surface area contributed by atoms with Gasteiger partial charge in [0.05, 0.1) is 4.90 Å². The van der Waals surface area contributed by atoms with Crippen LogP contribution < -0.4 is 14.8 Å². The lowest BCUT2D eigenvalue weighted by Crippen LogP contribution is -2.42. The number of sulfonamides is 1. The van der Waals surface area contributed by atoms with Crippen molar-refractivity contribution in [3.63, 3.8) is 0 Å². The molecule has 3 N–H and O–H groups in total. The molecule has 11 heteroatoms. The number of aliphatic carboxylic acids is 1. The van der Waals surface area contributed by atoms with Crippen LogP contribution in [0.4, 0.5) is 0 Å². The first kappa shape index (κ1) is 29.4. The van der Waals surface area contributed by atoms with Gasteiger partial charge < -0.3 is 15.2 Å². The summed E-state index contributed by atoms with van der Waals surface area (Å²) in [5.74, 6) is -1.07. The number of benzene rings is 3. The second-order valence-electron chi connectivity index (χ2n) is 9.55. The molecule has 3 rings (SSSR count). The molecule has 0 aliphatic heterocycles. The lowest BCUT2D eigenvalue weighted by atomic mass is 10.0. The van der Waals surface area contributed by atoms with Gasteiger partial charge in [0.25, 0.3) is 5.91 Å². The number of hydrogen-bond donors (Lipinski definition) is 3. The molecule has 8 nitrogen and oxygen atoms in total. The minimum atomic E-state index is -3.87. The van der Waals surface area contributed by atoms with Crippen molar-refractivity contribution in [1.82, 2.24) is 10.0 Å². The summed E-state index contributed by atoms with van der Waals surface area (Å²) in [4.78, 5) is 24.4. The van der Waals surface area contributed by atoms with Crippen LogP contribution in [0.3, 0.4) is 0 Å². The third-order valence-corrected chi connectivity index (χ3v) is 7.04. The van der Waals surface area contributed by atoms with Crippen LogP contribution in [-0.4, -0.2) is 37.0 Å². The van der Waals surface area contributed by atoms with Gasteiger partial charge in [0, 0.05) is 28.6 Å². The number of hydrogen-bond acceptors (Lipinski definition) is 5. The molecule has 0 spiro atoms. The van der Waals surface area contributed by atoms with E-state index in [0.29, 0.717) is 11.3 Å². The summed E-state index contributed by atoms with van der Waals surface area (Å²) in [6, 6.07) is 16.0. The van der Waals surface area contributed by atoms with Crippen molar-refractivity contribution < 1.29 is 27.9 Å². The quantitative estimate of drug-likeness (QED) is 0.308. The lowest BCUT2D eigenvalue weighted by Gasteiger charge is -2.21. The molecule has 0 aliphatic rings. The van der Waals surface area contributed by atoms with Crippen LogP contribution >= 0.6 is 23.2 Å². The predicted octanol–water partition coefficient (Wildman–Crippen LogP) is 5.07. The summed E-state index contributed by atoms with van der Waals surface area (Å²) < 4.78 is 33.3. The van der Waals surface area contributed by atoms with E-state index in [1.54, 1.807) is 36.4 Å². The number of rotatable bonds is 10. The maximum atomic E-state index is 12.7. The molecular formula is C27H28Cl2N2O6S. The summed E-state index contributed by atoms with van der Waals surface area (Å²) in [6.45, 7) is 5.75. The van der Waals surface area contributed by atoms with Crippen LogP contribution in [0.25, 0.3) is 0 Å². The average Bonchev–Trinajstić information content (AvgIpc) is 2.82. The topological polar surface area (TPSA) is 122 Å². The van der Waals surface area contributed by atoms with Gasteiger partial charge in [0.1, 0.15) is 17.4 Å². The van der Waals surface area contributed by atoms with Crippen LogP contribution in [0.2, 0.25) is 10.0 Å². The number of nitrogens with one attached hydrogen (secondary N) is 2. The van der Waals surface area contributed by atoms with E-state index < -0.39 is 27.9 Å². The normalized spacial score (nSPS) is 12.6. The molecule has 3 aromatic carbocycles. The van der Waals surface area contributed by atoms with Crippen molar-refractivity contribution in [1.29, 1.82) is 0 Å². The minimum absolute atomic E-state index is 0.0406. The van der Waals surface area contributed by atoms with Crippen LogP contribution in [0.1, 0.15) is 42.3 Å². The fourth-order valence-electron chi connectivity index (χ4n) is 3.44. The summed E-state index contributed by atoms with van der Waals surface area (Å²) in [5.41, 5.74) is 1.19. The van der Waals surface area contributed by atoms with E-state index in [4.69, 9.17) is 27.9 Å². The van der Waals surface area contributed by atoms with Crippen molar-refractivity contribution in [2.45, 2.75) is 50.3 Å². The number of carboxylic acid groups (broad SMARTS) is 1. The molecule has 202 valence electrons. The molecule has 0 unspecified atom stereocenters. The van der Waals surface area contributed by atoms with Gasteiger partial charge in [-0.05, 0) is 74.4 Å². The first-order valence-electron chi connectivity index (χ1n) is 11.6. The van der Waals surface area contributed by atoms with E-state index in [1.807, 2.05) is 20.8 Å². The third-order valence-electron chi connectivity index (χ3n) is 5.22. The average molecular weight is 580 g/mol. The van der Waals surface area contributed by atoms with E-state index in [9.17, 15) is 23.1 Å². The Kier molecular flexibility index (Phi) is 9.43. The molecule has 38 heavy (non-hydrogen) atoms. The Morgan fingerprint density at radius 3 is 2.00 bits per heavy atom. The fourth-order valence-corrected chi connectivity index (χ4v) is 5.19. The highest BCUT2D eigenvalue weighted by atomic mass is 35.5. The van der Waals surface area contributed by atoms with Crippen LogP contribution in [-0.2, 0) is 27.8 Å². The molecule has 0 saturated heterocycles. The second kappa shape index (κ2) is 12.2. The van der Waals surface area contributed by atoms with Gasteiger partial charge >= 0.3 is 5.97 Å².